The van der Waals surface area contributed by atoms with Crippen LogP contribution >= 0.6 is 0 Å². The van der Waals surface area contributed by atoms with E-state index in [1.165, 1.54) is 0 Å². The number of hydrogen-bond acceptors (Lipinski definition) is 5. The zero-order valence-corrected chi connectivity index (χ0v) is 23.0. The fraction of sp³-hybridized carbons (Fsp3) is 0.621. The average molecular weight is 543 g/mol. The van der Waals surface area contributed by atoms with Crippen LogP contribution in [0.1, 0.15) is 77.2 Å². The third-order valence-corrected chi connectivity index (χ3v) is 7.80. The van der Waals surface area contributed by atoms with Crippen molar-refractivity contribution >= 4 is 29.6 Å². The molecule has 0 aliphatic carbocycles. The molecule has 214 valence electrons. The third kappa shape index (κ3) is 8.53. The Morgan fingerprint density at radius 3 is 2.33 bits per heavy atom. The summed E-state index contributed by atoms with van der Waals surface area (Å²) >= 11 is 0. The van der Waals surface area contributed by atoms with E-state index in [1.807, 2.05) is 44.2 Å². The molecule has 39 heavy (non-hydrogen) atoms. The number of unbranched alkanes of at least 4 members (excludes halogenated alkanes) is 2. The highest BCUT2D eigenvalue weighted by atomic mass is 16.4. The summed E-state index contributed by atoms with van der Waals surface area (Å²) in [5, 5.41) is 17.5. The fourth-order valence-electron chi connectivity index (χ4n) is 5.25. The topological polar surface area (TPSA) is 145 Å². The number of fused-ring (bicyclic) bond motifs is 1. The van der Waals surface area contributed by atoms with Crippen LogP contribution in [0.3, 0.4) is 0 Å². The number of aliphatic carboxylic acids is 1. The van der Waals surface area contributed by atoms with Gasteiger partial charge >= 0.3 is 5.97 Å². The summed E-state index contributed by atoms with van der Waals surface area (Å²) in [7, 11) is 0. The molecular weight excluding hydrogens is 500 g/mol. The number of piperidine rings is 1. The van der Waals surface area contributed by atoms with Crippen LogP contribution in [-0.2, 0) is 30.4 Å². The SMILES string of the molecule is CCC(C)C1NC(=O)C(Cc2ccccc2)NC(=O)C(CCCCCC(=O)O)NC(=O)C2CCCCN2C1=O. The summed E-state index contributed by atoms with van der Waals surface area (Å²) in [4.78, 5) is 66.8. The van der Waals surface area contributed by atoms with E-state index < -0.39 is 42.0 Å². The molecule has 2 heterocycles. The maximum absolute atomic E-state index is 13.8. The van der Waals surface area contributed by atoms with Gasteiger partial charge in [-0.25, -0.2) is 0 Å². The van der Waals surface area contributed by atoms with E-state index in [-0.39, 0.29) is 30.6 Å². The van der Waals surface area contributed by atoms with Gasteiger partial charge in [0.25, 0.3) is 0 Å². The maximum Gasteiger partial charge on any atom is 0.303 e. The normalized spacial score (nSPS) is 25.3. The minimum atomic E-state index is -0.942. The molecule has 2 saturated heterocycles. The Hall–Kier alpha value is -3.43. The standard InChI is InChI=1S/C29H42N4O6/c1-3-19(2)25-29(39)33-17-11-10-15-23(33)28(38)30-21(14-8-5-9-16-24(34)35)26(36)31-22(27(37)32-25)18-20-12-6-4-7-13-20/h4,6-7,12-13,19,21-23,25H,3,5,8-11,14-18H2,1-2H3,(H,30,38)(H,31,36)(H,32,37)(H,34,35). The van der Waals surface area contributed by atoms with Gasteiger partial charge in [-0.05, 0) is 43.6 Å². The van der Waals surface area contributed by atoms with Gasteiger partial charge in [-0.1, -0.05) is 63.4 Å². The molecule has 5 atom stereocenters. The number of nitrogens with one attached hydrogen (secondary N) is 3. The summed E-state index contributed by atoms with van der Waals surface area (Å²) in [6.45, 7) is 4.27. The number of rotatable bonds is 10. The zero-order valence-electron chi connectivity index (χ0n) is 23.0. The Bertz CT molecular complexity index is 1020. The van der Waals surface area contributed by atoms with Gasteiger partial charge in [0.1, 0.15) is 24.2 Å². The van der Waals surface area contributed by atoms with Crippen molar-refractivity contribution in [3.63, 3.8) is 0 Å². The molecule has 4 N–H and O–H groups in total. The first-order valence-electron chi connectivity index (χ1n) is 14.2. The first-order chi connectivity index (χ1) is 18.7. The molecule has 2 aliphatic rings. The van der Waals surface area contributed by atoms with Crippen molar-refractivity contribution in [3.8, 4) is 0 Å². The number of carboxylic acids is 1. The van der Waals surface area contributed by atoms with Crippen molar-refractivity contribution in [1.82, 2.24) is 20.9 Å². The Balaban J connectivity index is 1.91. The van der Waals surface area contributed by atoms with Gasteiger partial charge in [-0.3, -0.25) is 24.0 Å². The number of benzene rings is 1. The van der Waals surface area contributed by atoms with Gasteiger partial charge in [-0.2, -0.15) is 0 Å². The molecule has 1 aromatic carbocycles. The second-order valence-electron chi connectivity index (χ2n) is 10.7. The van der Waals surface area contributed by atoms with Crippen molar-refractivity contribution < 1.29 is 29.1 Å². The van der Waals surface area contributed by atoms with Gasteiger partial charge in [0.2, 0.25) is 23.6 Å². The van der Waals surface area contributed by atoms with Gasteiger partial charge in [0.05, 0.1) is 0 Å². The van der Waals surface area contributed by atoms with Gasteiger partial charge in [0, 0.05) is 19.4 Å². The highest BCUT2D eigenvalue weighted by Gasteiger charge is 2.40. The molecule has 1 aromatic rings. The molecule has 0 bridgehead atoms. The lowest BCUT2D eigenvalue weighted by molar-refractivity contribution is -0.147. The van der Waals surface area contributed by atoms with Gasteiger partial charge in [0.15, 0.2) is 0 Å². The summed E-state index contributed by atoms with van der Waals surface area (Å²) in [5.41, 5.74) is 0.849. The van der Waals surface area contributed by atoms with Crippen LogP contribution in [0.15, 0.2) is 30.3 Å². The fourth-order valence-corrected chi connectivity index (χ4v) is 5.25. The molecule has 0 spiro atoms. The van der Waals surface area contributed by atoms with Crippen molar-refractivity contribution in [2.24, 2.45) is 5.92 Å². The van der Waals surface area contributed by atoms with Crippen LogP contribution in [0.5, 0.6) is 0 Å². The minimum Gasteiger partial charge on any atom is -0.481 e. The quantitative estimate of drug-likeness (QED) is 0.334. The highest BCUT2D eigenvalue weighted by molar-refractivity contribution is 5.97. The summed E-state index contributed by atoms with van der Waals surface area (Å²) in [6, 6.07) is 5.94. The number of carbonyl (C=O) groups excluding carboxylic acids is 4. The second kappa shape index (κ2) is 14.6. The molecule has 0 radical (unpaired) electrons. The smallest absolute Gasteiger partial charge is 0.303 e. The van der Waals surface area contributed by atoms with E-state index in [1.54, 1.807) is 4.90 Å². The Kier molecular flexibility index (Phi) is 11.3. The minimum absolute atomic E-state index is 0.0407. The number of carboxylic acid groups (broad SMARTS) is 1. The number of carbonyl (C=O) groups is 5. The lowest BCUT2D eigenvalue weighted by atomic mass is 9.93. The lowest BCUT2D eigenvalue weighted by Gasteiger charge is -2.39. The second-order valence-corrected chi connectivity index (χ2v) is 10.7. The predicted octanol–water partition coefficient (Wildman–Crippen LogP) is 2.16. The first-order valence-corrected chi connectivity index (χ1v) is 14.2. The summed E-state index contributed by atoms with van der Waals surface area (Å²) in [6.07, 6.45) is 4.85. The molecule has 10 nitrogen and oxygen atoms in total. The van der Waals surface area contributed by atoms with E-state index >= 15 is 0 Å². The van der Waals surface area contributed by atoms with Crippen LogP contribution < -0.4 is 16.0 Å². The van der Waals surface area contributed by atoms with Gasteiger partial charge < -0.3 is 26.0 Å². The molecule has 2 fully saturated rings. The Morgan fingerprint density at radius 2 is 1.64 bits per heavy atom. The molecule has 3 rings (SSSR count). The average Bonchev–Trinajstić information content (AvgIpc) is 2.93. The zero-order chi connectivity index (χ0) is 28.4. The van der Waals surface area contributed by atoms with E-state index in [9.17, 15) is 24.0 Å². The van der Waals surface area contributed by atoms with Crippen LogP contribution in [0.25, 0.3) is 0 Å². The van der Waals surface area contributed by atoms with Crippen LogP contribution in [0.4, 0.5) is 0 Å². The van der Waals surface area contributed by atoms with E-state index in [0.29, 0.717) is 45.1 Å². The van der Waals surface area contributed by atoms with E-state index in [4.69, 9.17) is 5.11 Å². The van der Waals surface area contributed by atoms with Crippen molar-refractivity contribution in [2.45, 2.75) is 102 Å². The lowest BCUT2D eigenvalue weighted by Crippen LogP contribution is -2.64. The molecule has 0 aromatic heterocycles. The number of nitrogens with zero attached hydrogens (tertiary/aromatic N) is 1. The Morgan fingerprint density at radius 1 is 0.949 bits per heavy atom. The van der Waals surface area contributed by atoms with Crippen LogP contribution in [0, 0.1) is 5.92 Å². The van der Waals surface area contributed by atoms with Crippen molar-refractivity contribution in [2.75, 3.05) is 6.54 Å². The van der Waals surface area contributed by atoms with Crippen LogP contribution in [0.2, 0.25) is 0 Å². The summed E-state index contributed by atoms with van der Waals surface area (Å²) in [5.74, 6) is -2.59. The van der Waals surface area contributed by atoms with E-state index in [2.05, 4.69) is 16.0 Å². The van der Waals surface area contributed by atoms with Crippen molar-refractivity contribution in [1.29, 1.82) is 0 Å². The summed E-state index contributed by atoms with van der Waals surface area (Å²) < 4.78 is 0. The highest BCUT2D eigenvalue weighted by Crippen LogP contribution is 2.22. The van der Waals surface area contributed by atoms with E-state index in [0.717, 1.165) is 18.4 Å². The molecule has 4 amide bonds. The Labute approximate surface area is 230 Å². The van der Waals surface area contributed by atoms with Gasteiger partial charge in [-0.15, -0.1) is 0 Å². The predicted molar refractivity (Wildman–Crippen MR) is 145 cm³/mol. The molecular formula is C29H42N4O6. The third-order valence-electron chi connectivity index (χ3n) is 7.80. The molecule has 2 aliphatic heterocycles. The maximum atomic E-state index is 13.8. The largest absolute Gasteiger partial charge is 0.481 e. The molecule has 0 saturated carbocycles. The molecule has 5 unspecified atom stereocenters. The molecule has 10 heteroatoms. The number of hydrogen-bond donors (Lipinski definition) is 4. The first kappa shape index (κ1) is 30.1. The van der Waals surface area contributed by atoms with Crippen LogP contribution in [-0.4, -0.2) is 70.3 Å². The number of amides is 4. The monoisotopic (exact) mass is 542 g/mol. The van der Waals surface area contributed by atoms with Crippen molar-refractivity contribution in [3.05, 3.63) is 35.9 Å².